The number of rotatable bonds is 6. The van der Waals surface area contributed by atoms with E-state index in [-0.39, 0.29) is 0 Å². The van der Waals surface area contributed by atoms with Crippen LogP contribution in [0.1, 0.15) is 18.1 Å². The monoisotopic (exact) mass is 352 g/mol. The average molecular weight is 353 g/mol. The van der Waals surface area contributed by atoms with Crippen molar-refractivity contribution in [1.29, 1.82) is 0 Å². The number of hydrogen-bond donors (Lipinski definition) is 1. The van der Waals surface area contributed by atoms with Crippen LogP contribution in [0.2, 0.25) is 5.02 Å². The Morgan fingerprint density at radius 1 is 1.08 bits per heavy atom. The number of aromatic nitrogens is 2. The zero-order valence-electron chi connectivity index (χ0n) is 14.4. The lowest BCUT2D eigenvalue weighted by Gasteiger charge is -2.21. The number of anilines is 3. The van der Waals surface area contributed by atoms with Crippen LogP contribution in [-0.2, 0) is 6.54 Å². The van der Waals surface area contributed by atoms with Crippen molar-refractivity contribution in [3.8, 4) is 0 Å². The number of halogens is 1. The maximum atomic E-state index is 6.19. The standard InChI is InChI=1S/C20H21ClN4/c1-3-25(14-16-7-5-4-6-8-16)20-22-12-11-19(24-20)23-17-10-9-15(2)18(21)13-17/h4-13H,3,14H2,1-2H3,(H,22,23,24). The first-order valence-corrected chi connectivity index (χ1v) is 8.68. The van der Waals surface area contributed by atoms with Crippen molar-refractivity contribution < 1.29 is 0 Å². The Labute approximate surface area is 153 Å². The molecule has 128 valence electrons. The molecule has 1 heterocycles. The molecule has 5 heteroatoms. The molecular weight excluding hydrogens is 332 g/mol. The molecule has 0 unspecified atom stereocenters. The van der Waals surface area contributed by atoms with Gasteiger partial charge in [0.2, 0.25) is 5.95 Å². The highest BCUT2D eigenvalue weighted by Crippen LogP contribution is 2.23. The number of nitrogens with zero attached hydrogens (tertiary/aromatic N) is 3. The van der Waals surface area contributed by atoms with Crippen LogP contribution in [0.25, 0.3) is 0 Å². The number of nitrogens with one attached hydrogen (secondary N) is 1. The number of hydrogen-bond acceptors (Lipinski definition) is 4. The molecule has 0 amide bonds. The zero-order valence-corrected chi connectivity index (χ0v) is 15.2. The molecule has 0 fully saturated rings. The van der Waals surface area contributed by atoms with Crippen molar-refractivity contribution in [2.45, 2.75) is 20.4 Å². The van der Waals surface area contributed by atoms with Gasteiger partial charge in [0.1, 0.15) is 5.82 Å². The molecule has 0 radical (unpaired) electrons. The van der Waals surface area contributed by atoms with E-state index in [1.54, 1.807) is 6.20 Å². The van der Waals surface area contributed by atoms with Crippen molar-refractivity contribution in [3.05, 3.63) is 76.9 Å². The van der Waals surface area contributed by atoms with Crippen LogP contribution in [0.4, 0.5) is 17.5 Å². The summed E-state index contributed by atoms with van der Waals surface area (Å²) in [6, 6.07) is 18.1. The average Bonchev–Trinajstić information content (AvgIpc) is 2.64. The molecule has 1 N–H and O–H groups in total. The van der Waals surface area contributed by atoms with Crippen LogP contribution in [0.3, 0.4) is 0 Å². The van der Waals surface area contributed by atoms with Crippen LogP contribution in [0, 0.1) is 6.92 Å². The number of aryl methyl sites for hydroxylation is 1. The lowest BCUT2D eigenvalue weighted by Crippen LogP contribution is -2.24. The van der Waals surface area contributed by atoms with Gasteiger partial charge >= 0.3 is 0 Å². The normalized spacial score (nSPS) is 10.5. The summed E-state index contributed by atoms with van der Waals surface area (Å²) in [5.74, 6) is 1.45. The van der Waals surface area contributed by atoms with Crippen molar-refractivity contribution >= 4 is 29.1 Å². The van der Waals surface area contributed by atoms with Gasteiger partial charge in [-0.25, -0.2) is 4.98 Å². The molecule has 0 bridgehead atoms. The SMILES string of the molecule is CCN(Cc1ccccc1)c1nccc(Nc2ccc(C)c(Cl)c2)n1. The van der Waals surface area contributed by atoms with Gasteiger partial charge in [-0.05, 0) is 43.2 Å². The smallest absolute Gasteiger partial charge is 0.227 e. The van der Waals surface area contributed by atoms with E-state index in [4.69, 9.17) is 11.6 Å². The van der Waals surface area contributed by atoms with Gasteiger partial charge in [0.15, 0.2) is 0 Å². The molecule has 0 saturated heterocycles. The van der Waals surface area contributed by atoms with E-state index in [0.29, 0.717) is 5.95 Å². The topological polar surface area (TPSA) is 41.1 Å². The molecule has 0 atom stereocenters. The van der Waals surface area contributed by atoms with E-state index in [0.717, 1.165) is 35.2 Å². The third-order valence-corrected chi connectivity index (χ3v) is 4.38. The second-order valence-corrected chi connectivity index (χ2v) is 6.24. The van der Waals surface area contributed by atoms with Gasteiger partial charge in [-0.2, -0.15) is 4.98 Å². The molecular formula is C20H21ClN4. The van der Waals surface area contributed by atoms with Crippen molar-refractivity contribution in [1.82, 2.24) is 9.97 Å². The maximum absolute atomic E-state index is 6.19. The van der Waals surface area contributed by atoms with Gasteiger partial charge in [-0.1, -0.05) is 48.0 Å². The van der Waals surface area contributed by atoms with Crippen molar-refractivity contribution in [3.63, 3.8) is 0 Å². The summed E-state index contributed by atoms with van der Waals surface area (Å²) in [7, 11) is 0. The maximum Gasteiger partial charge on any atom is 0.227 e. The van der Waals surface area contributed by atoms with Gasteiger partial charge in [-0.3, -0.25) is 0 Å². The van der Waals surface area contributed by atoms with Crippen molar-refractivity contribution in [2.24, 2.45) is 0 Å². The van der Waals surface area contributed by atoms with Gasteiger partial charge in [0.25, 0.3) is 0 Å². The van der Waals surface area contributed by atoms with Crippen molar-refractivity contribution in [2.75, 3.05) is 16.8 Å². The Bertz CT molecular complexity index is 836. The van der Waals surface area contributed by atoms with Gasteiger partial charge in [-0.15, -0.1) is 0 Å². The summed E-state index contributed by atoms with van der Waals surface area (Å²) in [4.78, 5) is 11.2. The third kappa shape index (κ3) is 4.48. The summed E-state index contributed by atoms with van der Waals surface area (Å²) in [6.45, 7) is 5.69. The summed E-state index contributed by atoms with van der Waals surface area (Å²) >= 11 is 6.19. The quantitative estimate of drug-likeness (QED) is 0.661. The molecule has 3 rings (SSSR count). The molecule has 3 aromatic rings. The molecule has 0 aliphatic rings. The molecule has 0 aliphatic carbocycles. The molecule has 0 spiro atoms. The Morgan fingerprint density at radius 3 is 2.60 bits per heavy atom. The predicted molar refractivity (Wildman–Crippen MR) is 105 cm³/mol. The third-order valence-electron chi connectivity index (χ3n) is 3.97. The fourth-order valence-electron chi connectivity index (χ4n) is 2.52. The van der Waals surface area contributed by atoms with E-state index in [1.165, 1.54) is 5.56 Å². The van der Waals surface area contributed by atoms with Crippen LogP contribution in [0.5, 0.6) is 0 Å². The number of benzene rings is 2. The van der Waals surface area contributed by atoms with E-state index in [1.807, 2.05) is 49.4 Å². The minimum absolute atomic E-state index is 0.703. The van der Waals surface area contributed by atoms with Crippen LogP contribution >= 0.6 is 11.6 Å². The Hall–Kier alpha value is -2.59. The fraction of sp³-hybridized carbons (Fsp3) is 0.200. The van der Waals surface area contributed by atoms with Crippen LogP contribution in [-0.4, -0.2) is 16.5 Å². The Kier molecular flexibility index (Phi) is 5.51. The van der Waals surface area contributed by atoms with Gasteiger partial charge < -0.3 is 10.2 Å². The fourth-order valence-corrected chi connectivity index (χ4v) is 2.70. The second-order valence-electron chi connectivity index (χ2n) is 5.83. The first-order chi connectivity index (χ1) is 12.2. The highest BCUT2D eigenvalue weighted by atomic mass is 35.5. The molecule has 4 nitrogen and oxygen atoms in total. The minimum Gasteiger partial charge on any atom is -0.340 e. The van der Waals surface area contributed by atoms with Gasteiger partial charge in [0, 0.05) is 30.0 Å². The zero-order chi connectivity index (χ0) is 17.6. The minimum atomic E-state index is 0.703. The predicted octanol–water partition coefficient (Wildman–Crippen LogP) is 5.21. The van der Waals surface area contributed by atoms with Gasteiger partial charge in [0.05, 0.1) is 0 Å². The van der Waals surface area contributed by atoms with Crippen LogP contribution in [0.15, 0.2) is 60.8 Å². The summed E-state index contributed by atoms with van der Waals surface area (Å²) in [5.41, 5.74) is 3.19. The largest absolute Gasteiger partial charge is 0.340 e. The highest BCUT2D eigenvalue weighted by Gasteiger charge is 2.09. The van der Waals surface area contributed by atoms with E-state index in [2.05, 4.69) is 39.2 Å². The molecule has 25 heavy (non-hydrogen) atoms. The Balaban J connectivity index is 1.78. The molecule has 2 aromatic carbocycles. The second kappa shape index (κ2) is 7.99. The van der Waals surface area contributed by atoms with E-state index >= 15 is 0 Å². The highest BCUT2D eigenvalue weighted by molar-refractivity contribution is 6.31. The lowest BCUT2D eigenvalue weighted by atomic mass is 10.2. The first kappa shape index (κ1) is 17.2. The molecule has 0 saturated carbocycles. The van der Waals surface area contributed by atoms with E-state index < -0.39 is 0 Å². The van der Waals surface area contributed by atoms with E-state index in [9.17, 15) is 0 Å². The molecule has 0 aliphatic heterocycles. The van der Waals surface area contributed by atoms with Crippen LogP contribution < -0.4 is 10.2 Å². The summed E-state index contributed by atoms with van der Waals surface area (Å²) in [6.07, 6.45) is 1.77. The lowest BCUT2D eigenvalue weighted by molar-refractivity contribution is 0.792. The molecule has 1 aromatic heterocycles. The Morgan fingerprint density at radius 2 is 1.88 bits per heavy atom. The first-order valence-electron chi connectivity index (χ1n) is 8.31. The summed E-state index contributed by atoms with van der Waals surface area (Å²) < 4.78 is 0. The summed E-state index contributed by atoms with van der Waals surface area (Å²) in [5, 5.41) is 4.03.